The van der Waals surface area contributed by atoms with Crippen LogP contribution in [0.25, 0.3) is 0 Å². The van der Waals surface area contributed by atoms with Gasteiger partial charge in [-0.25, -0.2) is 8.42 Å². The van der Waals surface area contributed by atoms with E-state index in [4.69, 9.17) is 23.2 Å². The van der Waals surface area contributed by atoms with E-state index in [9.17, 15) is 8.42 Å². The van der Waals surface area contributed by atoms with E-state index in [2.05, 4.69) is 4.98 Å². The first-order chi connectivity index (χ1) is 8.01. The molecule has 17 heavy (non-hydrogen) atoms. The van der Waals surface area contributed by atoms with Crippen molar-refractivity contribution in [2.45, 2.75) is 9.79 Å². The number of rotatable bonds is 2. The Morgan fingerprint density at radius 2 is 1.88 bits per heavy atom. The van der Waals surface area contributed by atoms with Crippen molar-refractivity contribution in [3.8, 4) is 0 Å². The van der Waals surface area contributed by atoms with E-state index in [1.54, 1.807) is 6.07 Å². The number of halogens is 2. The lowest BCUT2D eigenvalue weighted by Crippen LogP contribution is -2.03. The summed E-state index contributed by atoms with van der Waals surface area (Å²) in [4.78, 5) is 3.85. The van der Waals surface area contributed by atoms with Crippen LogP contribution in [0.1, 0.15) is 0 Å². The van der Waals surface area contributed by atoms with Crippen molar-refractivity contribution < 1.29 is 8.42 Å². The molecule has 0 aliphatic heterocycles. The second kappa shape index (κ2) is 4.64. The van der Waals surface area contributed by atoms with Gasteiger partial charge >= 0.3 is 0 Å². The number of nitrogens with zero attached hydrogens (tertiary/aromatic N) is 1. The van der Waals surface area contributed by atoms with Crippen molar-refractivity contribution >= 4 is 33.0 Å². The maximum atomic E-state index is 12.2. The van der Waals surface area contributed by atoms with Crippen LogP contribution in [-0.2, 0) is 9.84 Å². The highest BCUT2D eigenvalue weighted by molar-refractivity contribution is 7.91. The third-order valence-corrected chi connectivity index (χ3v) is 4.58. The molecule has 0 bridgehead atoms. The fraction of sp³-hybridized carbons (Fsp3) is 0. The first kappa shape index (κ1) is 12.4. The van der Waals surface area contributed by atoms with E-state index in [1.165, 1.54) is 36.7 Å². The molecule has 0 unspecified atom stereocenters. The highest BCUT2D eigenvalue weighted by Gasteiger charge is 2.21. The third kappa shape index (κ3) is 2.44. The molecule has 6 heteroatoms. The minimum Gasteiger partial charge on any atom is -0.263 e. The van der Waals surface area contributed by atoms with Crippen LogP contribution in [0, 0.1) is 0 Å². The Labute approximate surface area is 109 Å². The maximum absolute atomic E-state index is 12.2. The average Bonchev–Trinajstić information content (AvgIpc) is 2.33. The molecule has 0 atom stereocenters. The molecule has 0 N–H and O–H groups in total. The molecule has 0 aliphatic carbocycles. The molecule has 2 rings (SSSR count). The van der Waals surface area contributed by atoms with Crippen molar-refractivity contribution in [1.82, 2.24) is 4.98 Å². The second-order valence-corrected chi connectivity index (χ2v) is 6.03. The molecule has 0 amide bonds. The zero-order valence-electron chi connectivity index (χ0n) is 8.47. The van der Waals surface area contributed by atoms with E-state index in [0.29, 0.717) is 5.02 Å². The highest BCUT2D eigenvalue weighted by Crippen LogP contribution is 2.29. The van der Waals surface area contributed by atoms with E-state index in [-0.39, 0.29) is 14.8 Å². The zero-order valence-corrected chi connectivity index (χ0v) is 10.8. The Kier molecular flexibility index (Phi) is 3.38. The summed E-state index contributed by atoms with van der Waals surface area (Å²) in [5.41, 5.74) is 0. The predicted octanol–water partition coefficient (Wildman–Crippen LogP) is 3.22. The summed E-state index contributed by atoms with van der Waals surface area (Å²) in [6, 6.07) is 7.32. The third-order valence-electron chi connectivity index (χ3n) is 2.13. The average molecular weight is 288 g/mol. The van der Waals surface area contributed by atoms with Gasteiger partial charge in [0.1, 0.15) is 0 Å². The minimum absolute atomic E-state index is 0.0142. The van der Waals surface area contributed by atoms with E-state index >= 15 is 0 Å². The lowest BCUT2D eigenvalue weighted by atomic mass is 10.4. The number of sulfone groups is 1. The highest BCUT2D eigenvalue weighted by atomic mass is 35.5. The van der Waals surface area contributed by atoms with Crippen LogP contribution in [0.5, 0.6) is 0 Å². The summed E-state index contributed by atoms with van der Waals surface area (Å²) < 4.78 is 24.4. The van der Waals surface area contributed by atoms with Crippen LogP contribution in [0.3, 0.4) is 0 Å². The van der Waals surface area contributed by atoms with Gasteiger partial charge < -0.3 is 0 Å². The molecular weight excluding hydrogens is 281 g/mol. The van der Waals surface area contributed by atoms with Crippen molar-refractivity contribution in [2.75, 3.05) is 0 Å². The van der Waals surface area contributed by atoms with Gasteiger partial charge in [0.25, 0.3) is 0 Å². The number of hydrogen-bond acceptors (Lipinski definition) is 3. The second-order valence-electron chi connectivity index (χ2n) is 3.27. The Hall–Kier alpha value is -1.10. The summed E-state index contributed by atoms with van der Waals surface area (Å²) >= 11 is 11.6. The minimum atomic E-state index is -3.67. The molecule has 0 spiro atoms. The van der Waals surface area contributed by atoms with Crippen molar-refractivity contribution in [2.24, 2.45) is 0 Å². The molecule has 0 fully saturated rings. The fourth-order valence-electron chi connectivity index (χ4n) is 1.32. The Morgan fingerprint density at radius 1 is 1.12 bits per heavy atom. The molecule has 1 aromatic heterocycles. The van der Waals surface area contributed by atoms with Crippen molar-refractivity contribution in [3.05, 3.63) is 52.8 Å². The summed E-state index contributed by atoms with van der Waals surface area (Å²) in [7, 11) is -3.67. The van der Waals surface area contributed by atoms with E-state index < -0.39 is 9.84 Å². The van der Waals surface area contributed by atoms with Crippen LogP contribution >= 0.6 is 23.2 Å². The SMILES string of the molecule is O=S(=O)(c1cccnc1)c1cc(Cl)ccc1Cl. The van der Waals surface area contributed by atoms with Gasteiger partial charge in [-0.15, -0.1) is 0 Å². The van der Waals surface area contributed by atoms with Gasteiger partial charge in [0, 0.05) is 17.4 Å². The first-order valence-corrected chi connectivity index (χ1v) is 6.86. The predicted molar refractivity (Wildman–Crippen MR) is 66.2 cm³/mol. The zero-order chi connectivity index (χ0) is 12.5. The Morgan fingerprint density at radius 3 is 2.53 bits per heavy atom. The molecule has 2 aromatic rings. The molecule has 1 aromatic carbocycles. The summed E-state index contributed by atoms with van der Waals surface area (Å²) in [6.45, 7) is 0. The van der Waals surface area contributed by atoms with Crippen LogP contribution < -0.4 is 0 Å². The summed E-state index contributed by atoms with van der Waals surface area (Å²) in [5.74, 6) is 0. The fourth-order valence-corrected chi connectivity index (χ4v) is 3.29. The maximum Gasteiger partial charge on any atom is 0.209 e. The van der Waals surface area contributed by atoms with Crippen molar-refractivity contribution in [3.63, 3.8) is 0 Å². The number of pyridine rings is 1. The van der Waals surface area contributed by atoms with Gasteiger partial charge in [-0.1, -0.05) is 23.2 Å². The summed E-state index contributed by atoms with van der Waals surface area (Å²) in [6.07, 6.45) is 2.77. The standard InChI is InChI=1S/C11H7Cl2NO2S/c12-8-3-4-10(13)11(6-8)17(15,16)9-2-1-5-14-7-9/h1-7H. The van der Waals surface area contributed by atoms with Gasteiger partial charge in [0.05, 0.1) is 14.8 Å². The smallest absolute Gasteiger partial charge is 0.209 e. The molecule has 88 valence electrons. The molecule has 0 saturated carbocycles. The summed E-state index contributed by atoms with van der Waals surface area (Å²) in [5, 5.41) is 0.454. The number of aromatic nitrogens is 1. The molecule has 1 heterocycles. The van der Waals surface area contributed by atoms with Gasteiger partial charge in [-0.2, -0.15) is 0 Å². The van der Waals surface area contributed by atoms with Gasteiger partial charge in [-0.3, -0.25) is 4.98 Å². The number of benzene rings is 1. The first-order valence-electron chi connectivity index (χ1n) is 4.62. The van der Waals surface area contributed by atoms with Crippen molar-refractivity contribution in [1.29, 1.82) is 0 Å². The van der Waals surface area contributed by atoms with Crippen LogP contribution in [0.15, 0.2) is 52.5 Å². The molecule has 0 aliphatic rings. The topological polar surface area (TPSA) is 47.0 Å². The van der Waals surface area contributed by atoms with E-state index in [0.717, 1.165) is 0 Å². The van der Waals surface area contributed by atoms with Gasteiger partial charge in [-0.05, 0) is 30.3 Å². The lowest BCUT2D eigenvalue weighted by molar-refractivity contribution is 0.595. The molecule has 3 nitrogen and oxygen atoms in total. The normalized spacial score (nSPS) is 11.4. The Bertz CT molecular complexity index is 642. The van der Waals surface area contributed by atoms with Crippen LogP contribution in [0.2, 0.25) is 10.0 Å². The quantitative estimate of drug-likeness (QED) is 0.852. The van der Waals surface area contributed by atoms with E-state index in [1.807, 2.05) is 0 Å². The monoisotopic (exact) mass is 287 g/mol. The van der Waals surface area contributed by atoms with Gasteiger partial charge in [0.15, 0.2) is 0 Å². The van der Waals surface area contributed by atoms with Crippen LogP contribution in [0.4, 0.5) is 0 Å². The molecular formula is C11H7Cl2NO2S. The lowest BCUT2D eigenvalue weighted by Gasteiger charge is -2.06. The Balaban J connectivity index is 2.64. The van der Waals surface area contributed by atoms with Crippen LogP contribution in [-0.4, -0.2) is 13.4 Å². The largest absolute Gasteiger partial charge is 0.263 e. The molecule has 0 radical (unpaired) electrons. The molecule has 0 saturated heterocycles. The number of hydrogen-bond donors (Lipinski definition) is 0. The van der Waals surface area contributed by atoms with Gasteiger partial charge in [0.2, 0.25) is 9.84 Å².